The van der Waals surface area contributed by atoms with Gasteiger partial charge in [-0.15, -0.1) is 0 Å². The molecule has 1 unspecified atom stereocenters. The molecule has 2 aromatic rings. The fourth-order valence-corrected chi connectivity index (χ4v) is 4.24. The number of nitrogens with zero attached hydrogens (tertiary/aromatic N) is 3. The van der Waals surface area contributed by atoms with Crippen LogP contribution in [0.25, 0.3) is 0 Å². The topological polar surface area (TPSA) is 81.7 Å². The van der Waals surface area contributed by atoms with E-state index in [1.165, 1.54) is 0 Å². The van der Waals surface area contributed by atoms with E-state index < -0.39 is 0 Å². The molecular formula is C21H28N4O3. The van der Waals surface area contributed by atoms with Gasteiger partial charge in [0, 0.05) is 49.8 Å². The summed E-state index contributed by atoms with van der Waals surface area (Å²) >= 11 is 0. The van der Waals surface area contributed by atoms with Gasteiger partial charge in [0.15, 0.2) is 0 Å². The van der Waals surface area contributed by atoms with Crippen molar-refractivity contribution in [3.05, 3.63) is 45.9 Å². The van der Waals surface area contributed by atoms with Gasteiger partial charge in [0.2, 0.25) is 5.95 Å². The molecule has 2 aliphatic rings. The van der Waals surface area contributed by atoms with E-state index in [1.54, 1.807) is 19.2 Å². The zero-order valence-electron chi connectivity index (χ0n) is 16.4. The van der Waals surface area contributed by atoms with Crippen molar-refractivity contribution in [2.24, 2.45) is 0 Å². The van der Waals surface area contributed by atoms with Crippen LogP contribution in [0.3, 0.4) is 0 Å². The molecule has 1 aromatic carbocycles. The molecule has 150 valence electrons. The Hall–Kier alpha value is -2.54. The van der Waals surface area contributed by atoms with Crippen molar-refractivity contribution in [3.8, 4) is 11.5 Å². The Morgan fingerprint density at radius 2 is 2.04 bits per heavy atom. The van der Waals surface area contributed by atoms with Crippen LogP contribution in [0.5, 0.6) is 11.5 Å². The predicted molar refractivity (Wildman–Crippen MR) is 108 cm³/mol. The summed E-state index contributed by atoms with van der Waals surface area (Å²) in [4.78, 5) is 24.4. The Labute approximate surface area is 165 Å². The van der Waals surface area contributed by atoms with E-state index in [2.05, 4.69) is 14.8 Å². The van der Waals surface area contributed by atoms with Gasteiger partial charge in [-0.1, -0.05) is 6.07 Å². The SMILES string of the molecule is COc1ccc(CN2CCCC(c3cc(=O)[nH]c(N4CCCC4)n3)C2)c(O)c1. The minimum atomic E-state index is -0.0724. The molecule has 0 amide bonds. The highest BCUT2D eigenvalue weighted by atomic mass is 16.5. The third-order valence-corrected chi connectivity index (χ3v) is 5.76. The minimum Gasteiger partial charge on any atom is -0.507 e. The van der Waals surface area contributed by atoms with Crippen LogP contribution in [0.1, 0.15) is 42.9 Å². The molecule has 0 bridgehead atoms. The summed E-state index contributed by atoms with van der Waals surface area (Å²) in [5.41, 5.74) is 1.70. The number of aromatic hydroxyl groups is 1. The Morgan fingerprint density at radius 3 is 2.79 bits per heavy atom. The number of phenols is 1. The zero-order chi connectivity index (χ0) is 19.5. The van der Waals surface area contributed by atoms with Crippen LogP contribution in [0.2, 0.25) is 0 Å². The Bertz CT molecular complexity index is 876. The van der Waals surface area contributed by atoms with Crippen LogP contribution in [-0.4, -0.2) is 53.3 Å². The smallest absolute Gasteiger partial charge is 0.252 e. The molecule has 2 aliphatic heterocycles. The van der Waals surface area contributed by atoms with E-state index in [4.69, 9.17) is 9.72 Å². The molecular weight excluding hydrogens is 356 g/mol. The van der Waals surface area contributed by atoms with Crippen LogP contribution in [0, 0.1) is 0 Å². The number of ether oxygens (including phenoxy) is 1. The summed E-state index contributed by atoms with van der Waals surface area (Å²) in [6.07, 6.45) is 4.38. The summed E-state index contributed by atoms with van der Waals surface area (Å²) in [6.45, 7) is 4.40. The molecule has 4 rings (SSSR count). The molecule has 3 heterocycles. The van der Waals surface area contributed by atoms with Crippen molar-refractivity contribution in [3.63, 3.8) is 0 Å². The first-order valence-electron chi connectivity index (χ1n) is 10.1. The van der Waals surface area contributed by atoms with Crippen molar-refractivity contribution in [1.29, 1.82) is 0 Å². The first kappa shape index (κ1) is 18.8. The van der Waals surface area contributed by atoms with Crippen LogP contribution in [0.15, 0.2) is 29.1 Å². The fraction of sp³-hybridized carbons (Fsp3) is 0.524. The fourth-order valence-electron chi connectivity index (χ4n) is 4.24. The van der Waals surface area contributed by atoms with E-state index in [0.717, 1.165) is 63.1 Å². The first-order valence-corrected chi connectivity index (χ1v) is 10.1. The lowest BCUT2D eigenvalue weighted by Gasteiger charge is -2.32. The molecule has 1 atom stereocenters. The summed E-state index contributed by atoms with van der Waals surface area (Å²) in [6, 6.07) is 7.09. The maximum Gasteiger partial charge on any atom is 0.252 e. The summed E-state index contributed by atoms with van der Waals surface area (Å²) in [5.74, 6) is 1.86. The molecule has 2 fully saturated rings. The molecule has 2 saturated heterocycles. The standard InChI is InChI=1S/C21H28N4O3/c1-28-17-7-6-16(19(26)11-17)14-24-8-4-5-15(13-24)18-12-20(27)23-21(22-18)25-9-2-3-10-25/h6-7,11-12,15,26H,2-5,8-10,13-14H2,1H3,(H,22,23,27). The number of aromatic amines is 1. The quantitative estimate of drug-likeness (QED) is 0.824. The van der Waals surface area contributed by atoms with Crippen LogP contribution >= 0.6 is 0 Å². The minimum absolute atomic E-state index is 0.0724. The van der Waals surface area contributed by atoms with Gasteiger partial charge in [0.25, 0.3) is 5.56 Å². The number of hydrogen-bond donors (Lipinski definition) is 2. The molecule has 7 heteroatoms. The maximum atomic E-state index is 12.2. The largest absolute Gasteiger partial charge is 0.507 e. The number of benzene rings is 1. The monoisotopic (exact) mass is 384 g/mol. The van der Waals surface area contributed by atoms with E-state index in [-0.39, 0.29) is 17.2 Å². The second-order valence-corrected chi connectivity index (χ2v) is 7.76. The van der Waals surface area contributed by atoms with Gasteiger partial charge >= 0.3 is 0 Å². The highest BCUT2D eigenvalue weighted by Gasteiger charge is 2.25. The van der Waals surface area contributed by atoms with Crippen molar-refractivity contribution >= 4 is 5.95 Å². The first-order chi connectivity index (χ1) is 13.6. The number of likely N-dealkylation sites (tertiary alicyclic amines) is 1. The van der Waals surface area contributed by atoms with Crippen molar-refractivity contribution in [1.82, 2.24) is 14.9 Å². The van der Waals surface area contributed by atoms with Crippen molar-refractivity contribution in [2.45, 2.75) is 38.1 Å². The lowest BCUT2D eigenvalue weighted by atomic mass is 9.94. The molecule has 0 radical (unpaired) electrons. The molecule has 0 spiro atoms. The van der Waals surface area contributed by atoms with Gasteiger partial charge in [-0.05, 0) is 38.3 Å². The van der Waals surface area contributed by atoms with Crippen LogP contribution in [0.4, 0.5) is 5.95 Å². The van der Waals surface area contributed by atoms with Crippen molar-refractivity contribution in [2.75, 3.05) is 38.2 Å². The Kier molecular flexibility index (Phi) is 5.52. The lowest BCUT2D eigenvalue weighted by Crippen LogP contribution is -2.35. The van der Waals surface area contributed by atoms with Gasteiger partial charge < -0.3 is 14.7 Å². The van der Waals surface area contributed by atoms with E-state index >= 15 is 0 Å². The van der Waals surface area contributed by atoms with Crippen molar-refractivity contribution < 1.29 is 9.84 Å². The summed E-state index contributed by atoms with van der Waals surface area (Å²) in [7, 11) is 1.59. The van der Waals surface area contributed by atoms with Crippen LogP contribution in [-0.2, 0) is 6.54 Å². The third kappa shape index (κ3) is 4.14. The van der Waals surface area contributed by atoms with E-state index in [1.807, 2.05) is 12.1 Å². The summed E-state index contributed by atoms with van der Waals surface area (Å²) in [5, 5.41) is 10.3. The molecule has 0 saturated carbocycles. The normalized spacial score (nSPS) is 20.5. The molecule has 2 N–H and O–H groups in total. The number of nitrogens with one attached hydrogen (secondary N) is 1. The zero-order valence-corrected chi connectivity index (χ0v) is 16.4. The maximum absolute atomic E-state index is 12.2. The van der Waals surface area contributed by atoms with Gasteiger partial charge in [0.05, 0.1) is 12.8 Å². The van der Waals surface area contributed by atoms with Crippen LogP contribution < -0.4 is 15.2 Å². The number of piperidine rings is 1. The summed E-state index contributed by atoms with van der Waals surface area (Å²) < 4.78 is 5.16. The molecule has 28 heavy (non-hydrogen) atoms. The molecule has 1 aromatic heterocycles. The third-order valence-electron chi connectivity index (χ3n) is 5.76. The number of rotatable bonds is 5. The van der Waals surface area contributed by atoms with Gasteiger partial charge in [-0.2, -0.15) is 0 Å². The Morgan fingerprint density at radius 1 is 1.21 bits per heavy atom. The van der Waals surface area contributed by atoms with E-state index in [0.29, 0.717) is 18.2 Å². The number of methoxy groups -OCH3 is 1. The number of anilines is 1. The molecule has 7 nitrogen and oxygen atoms in total. The van der Waals surface area contributed by atoms with Gasteiger partial charge in [-0.25, -0.2) is 4.98 Å². The number of phenolic OH excluding ortho intramolecular Hbond substituents is 1. The number of hydrogen-bond acceptors (Lipinski definition) is 6. The number of H-pyrrole nitrogens is 1. The van der Waals surface area contributed by atoms with Gasteiger partial charge in [0.1, 0.15) is 11.5 Å². The second-order valence-electron chi connectivity index (χ2n) is 7.76. The number of aromatic nitrogens is 2. The highest BCUT2D eigenvalue weighted by Crippen LogP contribution is 2.30. The average molecular weight is 384 g/mol. The second kappa shape index (κ2) is 8.22. The Balaban J connectivity index is 1.48. The highest BCUT2D eigenvalue weighted by molar-refractivity contribution is 5.39. The predicted octanol–water partition coefficient (Wildman–Crippen LogP) is 2.46. The van der Waals surface area contributed by atoms with Gasteiger partial charge in [-0.3, -0.25) is 14.7 Å². The van der Waals surface area contributed by atoms with E-state index in [9.17, 15) is 9.90 Å². The average Bonchev–Trinajstić information content (AvgIpc) is 3.24. The molecule has 0 aliphatic carbocycles. The lowest BCUT2D eigenvalue weighted by molar-refractivity contribution is 0.196.